The van der Waals surface area contributed by atoms with Crippen LogP contribution in [0.4, 0.5) is 34.1 Å². The van der Waals surface area contributed by atoms with Crippen molar-refractivity contribution in [2.24, 2.45) is 0 Å². The molecule has 101 heavy (non-hydrogen) atoms. The normalized spacial score (nSPS) is 13.1. The Morgan fingerprint density at radius 1 is 0.307 bits per heavy atom. The Labute approximate surface area is 599 Å². The first kappa shape index (κ1) is 61.2. The quantitative estimate of drug-likeness (QED) is 0.141. The van der Waals surface area contributed by atoms with Gasteiger partial charge in [-0.3, -0.25) is 4.57 Å². The van der Waals surface area contributed by atoms with Crippen LogP contribution in [-0.2, 0) is 16.2 Å². The average Bonchev–Trinajstić information content (AvgIpc) is 1.18. The minimum absolute atomic E-state index is 0.185. The molecule has 0 spiro atoms. The molecule has 0 fully saturated rings. The van der Waals surface area contributed by atoms with Crippen LogP contribution in [0, 0.1) is 0 Å². The Hall–Kier alpha value is -11.0. The van der Waals surface area contributed by atoms with Crippen molar-refractivity contribution < 1.29 is 0 Å². The van der Waals surface area contributed by atoms with Gasteiger partial charge in [0.2, 0.25) is 0 Å². The van der Waals surface area contributed by atoms with E-state index in [0.717, 1.165) is 45.3 Å². The Bertz CT molecular complexity index is 6040. The summed E-state index contributed by atoms with van der Waals surface area (Å²) in [7, 11) is 0. The van der Waals surface area contributed by atoms with Gasteiger partial charge in [0.05, 0.1) is 32.6 Å². The summed E-state index contributed by atoms with van der Waals surface area (Å²) in [6.07, 6.45) is 0. The van der Waals surface area contributed by atoms with E-state index >= 15 is 0 Å². The molecule has 6 heterocycles. The van der Waals surface area contributed by atoms with Gasteiger partial charge >= 0.3 is 0 Å². The molecule has 2 aliphatic rings. The minimum Gasteiger partial charge on any atom is -0.310 e. The third-order valence-electron chi connectivity index (χ3n) is 21.5. The highest BCUT2D eigenvalue weighted by Gasteiger charge is 2.47. The van der Waals surface area contributed by atoms with Crippen molar-refractivity contribution in [3.63, 3.8) is 0 Å². The maximum absolute atomic E-state index is 2.75. The lowest BCUT2D eigenvalue weighted by Gasteiger charge is -2.47. The molecule has 0 atom stereocenters. The number of hydrogen-bond acceptors (Lipinski definition) is 4. The third-order valence-corrected chi connectivity index (χ3v) is 23.9. The maximum atomic E-state index is 2.75. The summed E-state index contributed by atoms with van der Waals surface area (Å²) in [5.41, 5.74) is 29.0. The van der Waals surface area contributed by atoms with Crippen molar-refractivity contribution in [1.29, 1.82) is 0 Å². The molecule has 0 saturated carbocycles. The summed E-state index contributed by atoms with van der Waals surface area (Å²) < 4.78 is 9.05. The third kappa shape index (κ3) is 9.60. The fourth-order valence-corrected chi connectivity index (χ4v) is 19.1. The molecular weight excluding hydrogens is 1260 g/mol. The summed E-state index contributed by atoms with van der Waals surface area (Å²) >= 11 is 3.83. The first-order chi connectivity index (χ1) is 49.0. The highest BCUT2D eigenvalue weighted by atomic mass is 32.1. The average molecular weight is 1340 g/mol. The number of fused-ring (bicyclic) bond motifs is 14. The molecule has 0 bridgehead atoms. The summed E-state index contributed by atoms with van der Waals surface area (Å²) in [6.45, 7) is 21.2. The summed E-state index contributed by atoms with van der Waals surface area (Å²) in [5, 5.41) is 6.38. The van der Waals surface area contributed by atoms with Gasteiger partial charge in [-0.25, -0.2) is 0 Å². The Morgan fingerprint density at radius 2 is 0.663 bits per heavy atom. The second-order valence-electron chi connectivity index (χ2n) is 30.8. The van der Waals surface area contributed by atoms with Crippen LogP contribution in [0.5, 0.6) is 0 Å². The predicted molar refractivity (Wildman–Crippen MR) is 438 cm³/mol. The molecule has 19 rings (SSSR count). The van der Waals surface area contributed by atoms with Gasteiger partial charge in [0.15, 0.2) is 0 Å². The van der Waals surface area contributed by atoms with Gasteiger partial charge in [0, 0.05) is 92.7 Å². The fourth-order valence-electron chi connectivity index (χ4n) is 16.5. The number of hydrogen-bond donors (Lipinski definition) is 0. The second-order valence-corrected chi connectivity index (χ2v) is 32.9. The SMILES string of the molecule is CC(C)(C)c1cc(-c2ccccc2)c(N2c3cc(-n4c5ccccc5c5ccccc54)ccc3B3c4ccc(-n5c6sc7ccccc7c6c6sc7ccccc7c65)cc4N(c4c(-c5ccccc5)cc(C(C)(C)C)cc4-c4ccccc4)c4cc(C(C)(C)C)cc2c43)c(-c2ccccc2)c1. The number of nitrogens with zero attached hydrogens (tertiary/aromatic N) is 4. The van der Waals surface area contributed by atoms with Crippen molar-refractivity contribution >= 4 is 142 Å². The molecule has 0 amide bonds. The molecule has 0 saturated heterocycles. The lowest BCUT2D eigenvalue weighted by molar-refractivity contribution is 0.590. The Morgan fingerprint density at radius 3 is 1.09 bits per heavy atom. The molecule has 486 valence electrons. The van der Waals surface area contributed by atoms with Crippen molar-refractivity contribution in [2.45, 2.75) is 78.6 Å². The largest absolute Gasteiger partial charge is 0.310 e. The number of rotatable bonds is 8. The van der Waals surface area contributed by atoms with E-state index < -0.39 is 0 Å². The van der Waals surface area contributed by atoms with Gasteiger partial charge in [-0.2, -0.15) is 0 Å². The van der Waals surface area contributed by atoms with Crippen LogP contribution in [0.2, 0.25) is 0 Å². The van der Waals surface area contributed by atoms with E-state index in [1.54, 1.807) is 0 Å². The van der Waals surface area contributed by atoms with Gasteiger partial charge in [0.1, 0.15) is 4.83 Å². The number of para-hydroxylation sites is 2. The van der Waals surface area contributed by atoms with Crippen LogP contribution in [0.3, 0.4) is 0 Å². The number of anilines is 6. The lowest BCUT2D eigenvalue weighted by atomic mass is 9.33. The first-order valence-electron chi connectivity index (χ1n) is 35.5. The van der Waals surface area contributed by atoms with Gasteiger partial charge < -0.3 is 14.4 Å². The van der Waals surface area contributed by atoms with E-state index in [9.17, 15) is 0 Å². The van der Waals surface area contributed by atoms with E-state index in [1.165, 1.54) is 140 Å². The van der Waals surface area contributed by atoms with Crippen LogP contribution in [-0.4, -0.2) is 15.8 Å². The Balaban J connectivity index is 1.01. The van der Waals surface area contributed by atoms with Gasteiger partial charge in [0.25, 0.3) is 6.71 Å². The van der Waals surface area contributed by atoms with Crippen molar-refractivity contribution in [3.8, 4) is 55.9 Å². The number of aromatic nitrogens is 2. The Kier molecular flexibility index (Phi) is 13.8. The van der Waals surface area contributed by atoms with Crippen LogP contribution in [0.25, 0.3) is 118 Å². The van der Waals surface area contributed by atoms with Crippen molar-refractivity contribution in [2.75, 3.05) is 9.80 Å². The van der Waals surface area contributed by atoms with E-state index in [0.29, 0.717) is 0 Å². The van der Waals surface area contributed by atoms with Crippen LogP contribution in [0.1, 0.15) is 79.0 Å². The molecule has 0 aliphatic carbocycles. The zero-order chi connectivity index (χ0) is 68.4. The molecule has 17 aromatic rings. The van der Waals surface area contributed by atoms with E-state index in [1.807, 2.05) is 22.7 Å². The standard InChI is InChI=1S/C94H75BN4S2/c1-92(2,3)62-50-71(58-30-14-10-15-31-58)87(72(51-62)59-32-16-11-17-33-59)98-79-56-65(96-77-42-26-22-38-67(77)68-39-23-27-43-78(68)96)46-48-75(79)95-76-49-47-66(97-89-70-41-25-29-45-84(70)100-90(89)85-69-40-24-28-44-83(69)101-91(85)97)57-80(76)99(82-55-64(94(7,8)9)54-81(98)86(82)95)88-73(60-34-18-12-19-35-60)52-63(93(4,5)6)53-74(88)61-36-20-13-21-37-61/h10-57H,1-9H3. The summed E-state index contributed by atoms with van der Waals surface area (Å²) in [4.78, 5) is 6.75. The molecule has 2 aliphatic heterocycles. The highest BCUT2D eigenvalue weighted by Crippen LogP contribution is 2.57. The minimum atomic E-state index is -0.323. The molecule has 4 nitrogen and oxygen atoms in total. The van der Waals surface area contributed by atoms with Crippen LogP contribution >= 0.6 is 22.7 Å². The van der Waals surface area contributed by atoms with E-state index in [-0.39, 0.29) is 23.0 Å². The van der Waals surface area contributed by atoms with Gasteiger partial charge in [-0.15, -0.1) is 22.7 Å². The summed E-state index contributed by atoms with van der Waals surface area (Å²) in [6, 6.07) is 111. The van der Waals surface area contributed by atoms with Crippen LogP contribution in [0.15, 0.2) is 291 Å². The predicted octanol–water partition coefficient (Wildman–Crippen LogP) is 25.0. The highest BCUT2D eigenvalue weighted by molar-refractivity contribution is 7.30. The molecule has 4 aromatic heterocycles. The number of thiophene rings is 2. The number of benzene rings is 13. The van der Waals surface area contributed by atoms with E-state index in [2.05, 4.69) is 372 Å². The molecule has 7 heteroatoms. The monoisotopic (exact) mass is 1330 g/mol. The molecule has 0 N–H and O–H groups in total. The summed E-state index contributed by atoms with van der Waals surface area (Å²) in [5.74, 6) is 0. The van der Waals surface area contributed by atoms with E-state index in [4.69, 9.17) is 0 Å². The van der Waals surface area contributed by atoms with Crippen LogP contribution < -0.4 is 26.2 Å². The topological polar surface area (TPSA) is 16.3 Å². The van der Waals surface area contributed by atoms with Gasteiger partial charge in [-0.1, -0.05) is 269 Å². The second kappa shape index (κ2) is 22.8. The molecule has 0 radical (unpaired) electrons. The smallest absolute Gasteiger partial charge is 0.252 e. The molecule has 0 unspecified atom stereocenters. The van der Waals surface area contributed by atoms with Gasteiger partial charge in [-0.05, 0) is 157 Å². The van der Waals surface area contributed by atoms with Crippen molar-refractivity contribution in [3.05, 3.63) is 308 Å². The lowest BCUT2D eigenvalue weighted by Crippen LogP contribution is -2.61. The first-order valence-corrected chi connectivity index (χ1v) is 37.1. The maximum Gasteiger partial charge on any atom is 0.252 e. The zero-order valence-electron chi connectivity index (χ0n) is 58.4. The fraction of sp³-hybridized carbons (Fsp3) is 0.128. The molecular formula is C94H75BN4S2. The van der Waals surface area contributed by atoms with Crippen molar-refractivity contribution in [1.82, 2.24) is 9.13 Å². The zero-order valence-corrected chi connectivity index (χ0v) is 60.0. The molecule has 13 aromatic carbocycles.